The lowest BCUT2D eigenvalue weighted by Crippen LogP contribution is -2.51. The average Bonchev–Trinajstić information content (AvgIpc) is 3.39. The van der Waals surface area contributed by atoms with Crippen molar-refractivity contribution in [2.75, 3.05) is 25.5 Å². The van der Waals surface area contributed by atoms with Gasteiger partial charge in [0.2, 0.25) is 11.5 Å². The quantitative estimate of drug-likeness (QED) is 0.454. The number of amides is 5. The standard InChI is InChI=1S/C28H30F4N4O5/c1-4-13-34(3)25(39)33-21-9-10-22-19(14-21)11-12-27(22)24(38)36(26(40)41-27)16-23(37)35(17(2)28(30,31)32)15-18-5-7-20(29)8-6-18/h5-10,14,17H,4,11-13,15-16H2,1-3H3,(H,33,39)/t17-,27+/m0/s1. The van der Waals surface area contributed by atoms with Crippen molar-refractivity contribution < 1.29 is 41.5 Å². The number of imide groups is 1. The molecule has 9 nitrogen and oxygen atoms in total. The van der Waals surface area contributed by atoms with E-state index < -0.39 is 54.6 Å². The summed E-state index contributed by atoms with van der Waals surface area (Å²) in [6, 6.07) is 6.83. The van der Waals surface area contributed by atoms with Gasteiger partial charge in [-0.1, -0.05) is 25.1 Å². The molecule has 1 saturated heterocycles. The Bertz CT molecular complexity index is 1350. The van der Waals surface area contributed by atoms with Crippen molar-refractivity contribution in [3.8, 4) is 0 Å². The molecule has 0 radical (unpaired) electrons. The smallest absolute Gasteiger partial charge is 0.418 e. The Morgan fingerprint density at radius 3 is 2.46 bits per heavy atom. The van der Waals surface area contributed by atoms with Gasteiger partial charge in [0.1, 0.15) is 18.4 Å². The first-order valence-electron chi connectivity index (χ1n) is 13.1. The van der Waals surface area contributed by atoms with Crippen molar-refractivity contribution in [3.63, 3.8) is 0 Å². The predicted molar refractivity (Wildman–Crippen MR) is 139 cm³/mol. The zero-order valence-corrected chi connectivity index (χ0v) is 22.8. The lowest BCUT2D eigenvalue weighted by molar-refractivity contribution is -0.187. The lowest BCUT2D eigenvalue weighted by atomic mass is 9.94. The highest BCUT2D eigenvalue weighted by atomic mass is 19.4. The van der Waals surface area contributed by atoms with Crippen molar-refractivity contribution in [2.24, 2.45) is 0 Å². The van der Waals surface area contributed by atoms with Crippen LogP contribution < -0.4 is 5.32 Å². The molecule has 5 amide bonds. The number of anilines is 1. The van der Waals surface area contributed by atoms with Crippen LogP contribution in [0.5, 0.6) is 0 Å². The number of carbonyl (C=O) groups is 4. The molecule has 0 saturated carbocycles. The summed E-state index contributed by atoms with van der Waals surface area (Å²) in [6.45, 7) is 1.80. The Kier molecular flexibility index (Phi) is 8.27. The third-order valence-electron chi connectivity index (χ3n) is 7.34. The summed E-state index contributed by atoms with van der Waals surface area (Å²) in [5, 5.41) is 2.77. The first-order valence-corrected chi connectivity index (χ1v) is 13.1. The van der Waals surface area contributed by atoms with E-state index in [1.54, 1.807) is 25.2 Å². The van der Waals surface area contributed by atoms with E-state index in [1.165, 1.54) is 17.0 Å². The molecule has 1 heterocycles. The molecule has 2 atom stereocenters. The monoisotopic (exact) mass is 578 g/mol. The summed E-state index contributed by atoms with van der Waals surface area (Å²) < 4.78 is 59.7. The number of hydrogen-bond acceptors (Lipinski definition) is 5. The molecule has 0 unspecified atom stereocenters. The second-order valence-corrected chi connectivity index (χ2v) is 10.2. The number of urea groups is 1. The molecule has 220 valence electrons. The average molecular weight is 579 g/mol. The van der Waals surface area contributed by atoms with Gasteiger partial charge in [0, 0.05) is 37.8 Å². The van der Waals surface area contributed by atoms with Gasteiger partial charge >= 0.3 is 18.3 Å². The first-order chi connectivity index (χ1) is 19.3. The SMILES string of the molecule is CCCN(C)C(=O)Nc1ccc2c(c1)CC[C@@]21OC(=O)N(CC(=O)N(Cc2ccc(F)cc2)[C@@H](C)C(F)(F)F)C1=O. The zero-order chi connectivity index (χ0) is 30.1. The van der Waals surface area contributed by atoms with Crippen molar-refractivity contribution in [1.29, 1.82) is 0 Å². The number of fused-ring (bicyclic) bond motifs is 2. The van der Waals surface area contributed by atoms with Gasteiger partial charge in [0.05, 0.1) is 0 Å². The number of alkyl halides is 3. The molecule has 1 spiro atoms. The molecule has 4 rings (SSSR count). The molecule has 41 heavy (non-hydrogen) atoms. The Labute approximate surface area is 234 Å². The summed E-state index contributed by atoms with van der Waals surface area (Å²) in [6.07, 6.45) is -4.76. The maximum atomic E-state index is 13.6. The second kappa shape index (κ2) is 11.4. The molecule has 2 aromatic carbocycles. The molecule has 2 aromatic rings. The van der Waals surface area contributed by atoms with E-state index in [0.717, 1.165) is 25.5 Å². The van der Waals surface area contributed by atoms with Crippen molar-refractivity contribution >= 4 is 29.6 Å². The number of nitrogens with one attached hydrogen (secondary N) is 1. The summed E-state index contributed by atoms with van der Waals surface area (Å²) in [7, 11) is 1.66. The van der Waals surface area contributed by atoms with E-state index in [4.69, 9.17) is 4.74 Å². The van der Waals surface area contributed by atoms with E-state index in [2.05, 4.69) is 5.32 Å². The highest BCUT2D eigenvalue weighted by Gasteiger charge is 2.58. The van der Waals surface area contributed by atoms with E-state index in [-0.39, 0.29) is 18.0 Å². The number of halogens is 4. The summed E-state index contributed by atoms with van der Waals surface area (Å²) >= 11 is 0. The van der Waals surface area contributed by atoms with Crippen molar-refractivity contribution in [1.82, 2.24) is 14.7 Å². The predicted octanol–water partition coefficient (Wildman–Crippen LogP) is 4.80. The van der Waals surface area contributed by atoms with Crippen LogP contribution >= 0.6 is 0 Å². The second-order valence-electron chi connectivity index (χ2n) is 10.2. The third kappa shape index (κ3) is 5.98. The number of carbonyl (C=O) groups excluding carboxylic acids is 4. The molecule has 1 aliphatic heterocycles. The zero-order valence-electron chi connectivity index (χ0n) is 22.8. The lowest BCUT2D eigenvalue weighted by Gasteiger charge is -2.31. The number of benzene rings is 2. The number of ether oxygens (including phenoxy) is 1. The van der Waals surface area contributed by atoms with Crippen molar-refractivity contribution in [2.45, 2.75) is 57.5 Å². The summed E-state index contributed by atoms with van der Waals surface area (Å²) in [5.74, 6) is -2.58. The molecule has 13 heteroatoms. The fourth-order valence-corrected chi connectivity index (χ4v) is 5.02. The highest BCUT2D eigenvalue weighted by molar-refractivity contribution is 6.06. The largest absolute Gasteiger partial charge is 0.427 e. The van der Waals surface area contributed by atoms with Gasteiger partial charge in [0.15, 0.2) is 0 Å². The van der Waals surface area contributed by atoms with Crippen molar-refractivity contribution in [3.05, 3.63) is 65.0 Å². The number of rotatable bonds is 8. The fraction of sp³-hybridized carbons (Fsp3) is 0.429. The van der Waals surface area contributed by atoms with Gasteiger partial charge in [-0.15, -0.1) is 0 Å². The molecule has 0 bridgehead atoms. The van der Waals surface area contributed by atoms with Gasteiger partial charge in [-0.2, -0.15) is 13.2 Å². The molecule has 2 aliphatic rings. The van der Waals surface area contributed by atoms with Crippen LogP contribution in [-0.2, 0) is 32.9 Å². The summed E-state index contributed by atoms with van der Waals surface area (Å²) in [5.41, 5.74) is 0.0359. The summed E-state index contributed by atoms with van der Waals surface area (Å²) in [4.78, 5) is 54.4. The van der Waals surface area contributed by atoms with Crippen LogP contribution in [0.1, 0.15) is 43.4 Å². The minimum atomic E-state index is -4.80. The molecule has 1 aliphatic carbocycles. The van der Waals surface area contributed by atoms with E-state index in [0.29, 0.717) is 39.6 Å². The molecule has 1 N–H and O–H groups in total. The van der Waals surface area contributed by atoms with E-state index >= 15 is 0 Å². The normalized spacial score (nSPS) is 18.8. The number of aryl methyl sites for hydroxylation is 1. The molecular formula is C28H30F4N4O5. The van der Waals surface area contributed by atoms with Crippen LogP contribution in [0.4, 0.5) is 32.8 Å². The Hall–Kier alpha value is -4.16. The van der Waals surface area contributed by atoms with Gasteiger partial charge in [-0.25, -0.2) is 18.9 Å². The van der Waals surface area contributed by atoms with Gasteiger partial charge in [0.25, 0.3) is 5.91 Å². The van der Waals surface area contributed by atoms with E-state index in [9.17, 15) is 36.7 Å². The molecule has 0 aromatic heterocycles. The van der Waals surface area contributed by atoms with Crippen LogP contribution in [0, 0.1) is 5.82 Å². The van der Waals surface area contributed by atoms with Crippen LogP contribution in [0.15, 0.2) is 42.5 Å². The molecule has 1 fully saturated rings. The van der Waals surface area contributed by atoms with Crippen LogP contribution in [0.25, 0.3) is 0 Å². The van der Waals surface area contributed by atoms with Gasteiger partial charge in [-0.3, -0.25) is 9.59 Å². The Morgan fingerprint density at radius 1 is 1.15 bits per heavy atom. The number of hydrogen-bond donors (Lipinski definition) is 1. The minimum absolute atomic E-state index is 0.0724. The maximum absolute atomic E-state index is 13.6. The van der Waals surface area contributed by atoms with Gasteiger partial charge in [-0.05, 0) is 55.2 Å². The fourth-order valence-electron chi connectivity index (χ4n) is 5.02. The van der Waals surface area contributed by atoms with Crippen LogP contribution in [0.2, 0.25) is 0 Å². The van der Waals surface area contributed by atoms with Gasteiger partial charge < -0.3 is 19.9 Å². The third-order valence-corrected chi connectivity index (χ3v) is 7.34. The topological polar surface area (TPSA) is 99.3 Å². The number of nitrogens with zero attached hydrogens (tertiary/aromatic N) is 3. The van der Waals surface area contributed by atoms with Crippen LogP contribution in [-0.4, -0.2) is 71.0 Å². The first kappa shape index (κ1) is 29.8. The molecular weight excluding hydrogens is 548 g/mol. The highest BCUT2D eigenvalue weighted by Crippen LogP contribution is 2.46. The van der Waals surface area contributed by atoms with E-state index in [1.807, 2.05) is 6.92 Å². The Balaban J connectivity index is 1.53. The van der Waals surface area contributed by atoms with Crippen LogP contribution in [0.3, 0.4) is 0 Å². The minimum Gasteiger partial charge on any atom is -0.427 e. The Morgan fingerprint density at radius 2 is 1.83 bits per heavy atom. The maximum Gasteiger partial charge on any atom is 0.418 e.